The largest absolute Gasteiger partial charge is 0.416 e. The highest BCUT2D eigenvalue weighted by Gasteiger charge is 2.30. The second-order valence-electron chi connectivity index (χ2n) is 7.01. The Bertz CT molecular complexity index is 1170. The molecule has 0 spiro atoms. The van der Waals surface area contributed by atoms with Crippen LogP contribution in [0, 0.1) is 6.92 Å². The van der Waals surface area contributed by atoms with Gasteiger partial charge in [0.25, 0.3) is 0 Å². The first-order chi connectivity index (χ1) is 15.0. The number of nitrogens with zero attached hydrogens (tertiary/aromatic N) is 2. The first-order valence-electron chi connectivity index (χ1n) is 9.67. The molecule has 2 aromatic carbocycles. The summed E-state index contributed by atoms with van der Waals surface area (Å²) in [7, 11) is -3.81. The molecule has 0 saturated carbocycles. The van der Waals surface area contributed by atoms with Crippen LogP contribution in [0.15, 0.2) is 54.6 Å². The molecule has 0 fully saturated rings. The maximum atomic E-state index is 12.6. The second kappa shape index (κ2) is 9.43. The Morgan fingerprint density at radius 1 is 0.938 bits per heavy atom. The first-order valence-corrected chi connectivity index (χ1v) is 11.3. The molecule has 3 N–H and O–H groups in total. The summed E-state index contributed by atoms with van der Waals surface area (Å²) >= 11 is 0. The molecular weight excluding hydrogens is 443 g/mol. The molecule has 1 heterocycles. The SMILES string of the molecule is CCNc1nc(C)cc(Nc2ccc(NS(=O)(=O)Cc3ccc(C(F)(F)F)cc3)cc2)n1. The number of halogens is 3. The molecule has 0 radical (unpaired) electrons. The number of hydrogen-bond donors (Lipinski definition) is 3. The predicted molar refractivity (Wildman–Crippen MR) is 118 cm³/mol. The first kappa shape index (κ1) is 23.3. The Balaban J connectivity index is 1.64. The van der Waals surface area contributed by atoms with Gasteiger partial charge in [0.05, 0.1) is 11.3 Å². The molecular formula is C21H22F3N5O2S. The summed E-state index contributed by atoms with van der Waals surface area (Å²) in [6.45, 7) is 4.47. The van der Waals surface area contributed by atoms with Gasteiger partial charge in [-0.05, 0) is 55.8 Å². The van der Waals surface area contributed by atoms with Crippen molar-refractivity contribution >= 4 is 33.2 Å². The summed E-state index contributed by atoms with van der Waals surface area (Å²) < 4.78 is 65.1. The zero-order chi connectivity index (χ0) is 23.4. The Morgan fingerprint density at radius 3 is 2.16 bits per heavy atom. The summed E-state index contributed by atoms with van der Waals surface area (Å²) in [5, 5.41) is 6.18. The lowest BCUT2D eigenvalue weighted by Gasteiger charge is -2.12. The maximum Gasteiger partial charge on any atom is 0.416 e. The van der Waals surface area contributed by atoms with Gasteiger partial charge in [0.15, 0.2) is 0 Å². The molecule has 0 unspecified atom stereocenters. The molecule has 32 heavy (non-hydrogen) atoms. The molecule has 1 aromatic heterocycles. The number of anilines is 4. The summed E-state index contributed by atoms with van der Waals surface area (Å²) in [5.41, 5.74) is 1.22. The fraction of sp³-hybridized carbons (Fsp3) is 0.238. The van der Waals surface area contributed by atoms with Gasteiger partial charge in [-0.25, -0.2) is 13.4 Å². The molecule has 0 saturated heterocycles. The molecule has 3 rings (SSSR count). The molecule has 0 aliphatic rings. The van der Waals surface area contributed by atoms with Gasteiger partial charge < -0.3 is 10.6 Å². The lowest BCUT2D eigenvalue weighted by Crippen LogP contribution is -2.15. The minimum absolute atomic E-state index is 0.249. The van der Waals surface area contributed by atoms with Crippen LogP contribution in [0.1, 0.15) is 23.7 Å². The Hall–Kier alpha value is -3.34. The number of nitrogens with one attached hydrogen (secondary N) is 3. The molecule has 0 bridgehead atoms. The average Bonchev–Trinajstić information content (AvgIpc) is 2.68. The quantitative estimate of drug-likeness (QED) is 0.437. The van der Waals surface area contributed by atoms with E-state index in [4.69, 9.17) is 0 Å². The number of aryl methyl sites for hydroxylation is 1. The number of sulfonamides is 1. The third-order valence-electron chi connectivity index (χ3n) is 4.26. The molecule has 7 nitrogen and oxygen atoms in total. The highest BCUT2D eigenvalue weighted by Crippen LogP contribution is 2.29. The van der Waals surface area contributed by atoms with Crippen LogP contribution in [0.4, 0.5) is 36.3 Å². The Kier molecular flexibility index (Phi) is 6.87. The van der Waals surface area contributed by atoms with Gasteiger partial charge in [-0.1, -0.05) is 12.1 Å². The van der Waals surface area contributed by atoms with Crippen molar-refractivity contribution in [2.24, 2.45) is 0 Å². The highest BCUT2D eigenvalue weighted by molar-refractivity contribution is 7.91. The molecule has 0 amide bonds. The minimum Gasteiger partial charge on any atom is -0.354 e. The number of hydrogen-bond acceptors (Lipinski definition) is 6. The number of aromatic nitrogens is 2. The van der Waals surface area contributed by atoms with Crippen LogP contribution in [0.2, 0.25) is 0 Å². The summed E-state index contributed by atoms with van der Waals surface area (Å²) in [4.78, 5) is 8.63. The van der Waals surface area contributed by atoms with E-state index in [0.717, 1.165) is 30.0 Å². The summed E-state index contributed by atoms with van der Waals surface area (Å²) in [6, 6.07) is 12.3. The van der Waals surface area contributed by atoms with Crippen LogP contribution < -0.4 is 15.4 Å². The van der Waals surface area contributed by atoms with Crippen LogP contribution in [-0.2, 0) is 22.0 Å². The lowest BCUT2D eigenvalue weighted by molar-refractivity contribution is -0.137. The predicted octanol–water partition coefficient (Wildman–Crippen LogP) is 4.92. The minimum atomic E-state index is -4.47. The van der Waals surface area contributed by atoms with Gasteiger partial charge in [-0.2, -0.15) is 18.2 Å². The van der Waals surface area contributed by atoms with Gasteiger partial charge in [-0.3, -0.25) is 4.72 Å². The van der Waals surface area contributed by atoms with E-state index in [1.54, 1.807) is 30.3 Å². The van der Waals surface area contributed by atoms with E-state index in [1.807, 2.05) is 13.8 Å². The fourth-order valence-corrected chi connectivity index (χ4v) is 4.06. The normalized spacial score (nSPS) is 11.8. The zero-order valence-corrected chi connectivity index (χ0v) is 18.2. The summed E-state index contributed by atoms with van der Waals surface area (Å²) in [6.07, 6.45) is -4.47. The smallest absolute Gasteiger partial charge is 0.354 e. The van der Waals surface area contributed by atoms with Crippen molar-refractivity contribution < 1.29 is 21.6 Å². The van der Waals surface area contributed by atoms with Crippen molar-refractivity contribution in [3.63, 3.8) is 0 Å². The van der Waals surface area contributed by atoms with E-state index in [0.29, 0.717) is 29.7 Å². The van der Waals surface area contributed by atoms with E-state index >= 15 is 0 Å². The van der Waals surface area contributed by atoms with Gasteiger partial charge in [0.1, 0.15) is 5.82 Å². The highest BCUT2D eigenvalue weighted by atomic mass is 32.2. The van der Waals surface area contributed by atoms with E-state index in [1.165, 1.54) is 0 Å². The van der Waals surface area contributed by atoms with Crippen molar-refractivity contribution in [3.05, 3.63) is 71.4 Å². The van der Waals surface area contributed by atoms with Crippen LogP contribution >= 0.6 is 0 Å². The molecule has 11 heteroatoms. The second-order valence-corrected chi connectivity index (χ2v) is 8.73. The average molecular weight is 466 g/mol. The van der Waals surface area contributed by atoms with Crippen LogP contribution in [0.5, 0.6) is 0 Å². The number of alkyl halides is 3. The van der Waals surface area contributed by atoms with Crippen LogP contribution in [0.25, 0.3) is 0 Å². The van der Waals surface area contributed by atoms with E-state index in [9.17, 15) is 21.6 Å². The number of rotatable bonds is 8. The van der Waals surface area contributed by atoms with Gasteiger partial charge in [0, 0.05) is 29.7 Å². The van der Waals surface area contributed by atoms with Gasteiger partial charge in [0.2, 0.25) is 16.0 Å². The molecule has 0 aliphatic heterocycles. The third-order valence-corrected chi connectivity index (χ3v) is 5.52. The molecule has 170 valence electrons. The van der Waals surface area contributed by atoms with E-state index < -0.39 is 27.5 Å². The lowest BCUT2D eigenvalue weighted by atomic mass is 10.1. The van der Waals surface area contributed by atoms with Crippen molar-refractivity contribution in [2.45, 2.75) is 25.8 Å². The monoisotopic (exact) mass is 465 g/mol. The van der Waals surface area contributed by atoms with Crippen molar-refractivity contribution in [1.82, 2.24) is 9.97 Å². The van der Waals surface area contributed by atoms with Gasteiger partial charge >= 0.3 is 6.18 Å². The van der Waals surface area contributed by atoms with Crippen LogP contribution in [0.3, 0.4) is 0 Å². The zero-order valence-electron chi connectivity index (χ0n) is 17.4. The Labute approximate surface area is 184 Å². The standard InChI is InChI=1S/C21H22F3N5O2S/c1-3-25-20-26-14(2)12-19(28-20)27-17-8-10-18(11-9-17)29-32(30,31)13-15-4-6-16(7-5-15)21(22,23)24/h4-12,29H,3,13H2,1-2H3,(H2,25,26,27,28). The number of benzene rings is 2. The molecule has 3 aromatic rings. The van der Waals surface area contributed by atoms with E-state index in [2.05, 4.69) is 25.3 Å². The van der Waals surface area contributed by atoms with Crippen molar-refractivity contribution in [3.8, 4) is 0 Å². The van der Waals surface area contributed by atoms with E-state index in [-0.39, 0.29) is 5.56 Å². The van der Waals surface area contributed by atoms with Crippen molar-refractivity contribution in [2.75, 3.05) is 21.9 Å². The maximum absolute atomic E-state index is 12.6. The third kappa shape index (κ3) is 6.58. The Morgan fingerprint density at radius 2 is 1.56 bits per heavy atom. The fourth-order valence-electron chi connectivity index (χ4n) is 2.86. The van der Waals surface area contributed by atoms with Crippen LogP contribution in [-0.4, -0.2) is 24.9 Å². The van der Waals surface area contributed by atoms with Gasteiger partial charge in [-0.15, -0.1) is 0 Å². The van der Waals surface area contributed by atoms with Crippen molar-refractivity contribution in [1.29, 1.82) is 0 Å². The summed E-state index contributed by atoms with van der Waals surface area (Å²) in [5.74, 6) is 0.644. The molecule has 0 aliphatic carbocycles. The topological polar surface area (TPSA) is 96.0 Å². The molecule has 0 atom stereocenters.